The largest absolute Gasteiger partial charge is 0.490 e. The van der Waals surface area contributed by atoms with Crippen molar-refractivity contribution in [3.63, 3.8) is 0 Å². The van der Waals surface area contributed by atoms with Gasteiger partial charge in [-0.3, -0.25) is 19.3 Å². The van der Waals surface area contributed by atoms with E-state index in [4.69, 9.17) is 8.92 Å². The molecule has 1 fully saturated rings. The molecular weight excluding hydrogens is 458 g/mol. The molecule has 2 amide bonds. The zero-order valence-electron chi connectivity index (χ0n) is 17.1. The van der Waals surface area contributed by atoms with Gasteiger partial charge in [0.1, 0.15) is 11.4 Å². The molecule has 2 aromatic carbocycles. The normalized spacial score (nSPS) is 15.2. The molecule has 11 heteroatoms. The third-order valence-electron chi connectivity index (χ3n) is 4.19. The maximum absolute atomic E-state index is 12.5. The van der Waals surface area contributed by atoms with E-state index >= 15 is 0 Å². The van der Waals surface area contributed by atoms with Crippen molar-refractivity contribution in [3.8, 4) is 11.5 Å². The van der Waals surface area contributed by atoms with Crippen LogP contribution in [-0.2, 0) is 24.4 Å². The Balaban J connectivity index is 1.87. The number of rotatable bonds is 8. The van der Waals surface area contributed by atoms with Gasteiger partial charge in [-0.15, -0.1) is 0 Å². The number of hydrogen-bond donors (Lipinski definition) is 0. The van der Waals surface area contributed by atoms with Crippen LogP contribution in [-0.4, -0.2) is 50.7 Å². The summed E-state index contributed by atoms with van der Waals surface area (Å²) in [7, 11) is -2.91. The minimum absolute atomic E-state index is 0.00851. The van der Waals surface area contributed by atoms with Gasteiger partial charge in [0.15, 0.2) is 11.5 Å². The maximum atomic E-state index is 12.5. The molecule has 32 heavy (non-hydrogen) atoms. The van der Waals surface area contributed by atoms with Crippen molar-refractivity contribution in [2.75, 3.05) is 20.3 Å². The lowest BCUT2D eigenvalue weighted by atomic mass is 10.2. The summed E-state index contributed by atoms with van der Waals surface area (Å²) in [5.41, 5.74) is 0.474. The zero-order chi connectivity index (χ0) is 23.3. The number of benzene rings is 2. The Labute approximate surface area is 189 Å². The number of carbonyl (C=O) groups is 3. The minimum Gasteiger partial charge on any atom is -0.490 e. The summed E-state index contributed by atoms with van der Waals surface area (Å²) in [6.07, 6.45) is 1.44. The fourth-order valence-corrected chi connectivity index (χ4v) is 4.49. The van der Waals surface area contributed by atoms with E-state index < -0.39 is 33.8 Å². The zero-order valence-corrected chi connectivity index (χ0v) is 18.8. The van der Waals surface area contributed by atoms with Crippen LogP contribution in [0.5, 0.6) is 11.5 Å². The highest BCUT2D eigenvalue weighted by Crippen LogP contribution is 2.35. The monoisotopic (exact) mass is 477 g/mol. The topological polar surface area (TPSA) is 116 Å². The van der Waals surface area contributed by atoms with Gasteiger partial charge in [-0.25, -0.2) is 0 Å². The molecule has 0 saturated carbocycles. The molecule has 1 saturated heterocycles. The summed E-state index contributed by atoms with van der Waals surface area (Å²) < 4.78 is 40.3. The molecule has 0 unspecified atom stereocenters. The molecule has 0 atom stereocenters. The second kappa shape index (κ2) is 9.88. The minimum atomic E-state index is -4.08. The smallest absolute Gasteiger partial charge is 0.339 e. The average molecular weight is 478 g/mol. The predicted octanol–water partition coefficient (Wildman–Crippen LogP) is 3.06. The van der Waals surface area contributed by atoms with Gasteiger partial charge in [-0.2, -0.15) is 8.42 Å². The first-order valence-electron chi connectivity index (χ1n) is 9.33. The summed E-state index contributed by atoms with van der Waals surface area (Å²) in [5.74, 6) is -1.22. The number of esters is 1. The van der Waals surface area contributed by atoms with Crippen molar-refractivity contribution in [1.82, 2.24) is 4.90 Å². The van der Waals surface area contributed by atoms with Gasteiger partial charge >= 0.3 is 16.1 Å². The highest BCUT2D eigenvalue weighted by molar-refractivity contribution is 8.18. The van der Waals surface area contributed by atoms with E-state index in [0.29, 0.717) is 17.3 Å². The molecule has 0 radical (unpaired) electrons. The van der Waals surface area contributed by atoms with Gasteiger partial charge in [0.05, 0.1) is 18.6 Å². The van der Waals surface area contributed by atoms with Gasteiger partial charge in [0.25, 0.3) is 11.1 Å². The number of ether oxygens (including phenoxy) is 2. The van der Waals surface area contributed by atoms with E-state index in [9.17, 15) is 22.8 Å². The number of nitrogens with zero attached hydrogens (tertiary/aromatic N) is 1. The van der Waals surface area contributed by atoms with Gasteiger partial charge < -0.3 is 13.7 Å². The molecule has 1 aliphatic heterocycles. The summed E-state index contributed by atoms with van der Waals surface area (Å²) in [5, 5.41) is -0.592. The molecule has 0 bridgehead atoms. The van der Waals surface area contributed by atoms with Crippen LogP contribution in [0.2, 0.25) is 0 Å². The van der Waals surface area contributed by atoms with E-state index in [1.54, 1.807) is 25.1 Å². The van der Waals surface area contributed by atoms with Gasteiger partial charge in [-0.1, -0.05) is 24.3 Å². The van der Waals surface area contributed by atoms with Crippen LogP contribution < -0.4 is 8.92 Å². The van der Waals surface area contributed by atoms with Crippen LogP contribution in [0.3, 0.4) is 0 Å². The number of imide groups is 1. The number of thioether (sulfide) groups is 1. The van der Waals surface area contributed by atoms with Crippen LogP contribution >= 0.6 is 11.8 Å². The van der Waals surface area contributed by atoms with Crippen molar-refractivity contribution in [1.29, 1.82) is 0 Å². The van der Waals surface area contributed by atoms with Gasteiger partial charge in [0.2, 0.25) is 0 Å². The van der Waals surface area contributed by atoms with Crippen LogP contribution in [0.15, 0.2) is 58.3 Å². The van der Waals surface area contributed by atoms with Crippen molar-refractivity contribution < 1.29 is 36.5 Å². The number of carbonyl (C=O) groups excluding carboxylic acids is 3. The summed E-state index contributed by atoms with van der Waals surface area (Å²) in [4.78, 5) is 36.8. The Kier molecular flexibility index (Phi) is 7.21. The van der Waals surface area contributed by atoms with Crippen LogP contribution in [0, 0.1) is 0 Å². The Morgan fingerprint density at radius 1 is 1.09 bits per heavy atom. The molecule has 1 aliphatic rings. The van der Waals surface area contributed by atoms with Crippen molar-refractivity contribution in [3.05, 3.63) is 59.0 Å². The van der Waals surface area contributed by atoms with Crippen LogP contribution in [0.4, 0.5) is 4.79 Å². The quantitative estimate of drug-likeness (QED) is 0.321. The predicted molar refractivity (Wildman–Crippen MR) is 117 cm³/mol. The third-order valence-corrected chi connectivity index (χ3v) is 6.34. The first-order chi connectivity index (χ1) is 15.2. The summed E-state index contributed by atoms with van der Waals surface area (Å²) >= 11 is 0.683. The lowest BCUT2D eigenvalue weighted by Crippen LogP contribution is -2.34. The van der Waals surface area contributed by atoms with E-state index in [1.807, 2.05) is 0 Å². The second-order valence-corrected chi connectivity index (χ2v) is 8.87. The molecule has 168 valence electrons. The number of amides is 2. The van der Waals surface area contributed by atoms with Gasteiger partial charge in [0, 0.05) is 0 Å². The molecule has 0 aromatic heterocycles. The number of hydrogen-bond acceptors (Lipinski definition) is 9. The highest BCUT2D eigenvalue weighted by atomic mass is 32.2. The Bertz CT molecular complexity index is 1180. The summed E-state index contributed by atoms with van der Waals surface area (Å²) in [6.45, 7) is 1.48. The Morgan fingerprint density at radius 2 is 1.81 bits per heavy atom. The fourth-order valence-electron chi connectivity index (χ4n) is 2.69. The molecule has 0 spiro atoms. The van der Waals surface area contributed by atoms with E-state index in [-0.39, 0.29) is 27.9 Å². The second-order valence-electron chi connectivity index (χ2n) is 6.33. The van der Waals surface area contributed by atoms with Crippen LogP contribution in [0.1, 0.15) is 12.5 Å². The Morgan fingerprint density at radius 3 is 2.47 bits per heavy atom. The average Bonchev–Trinajstić information content (AvgIpc) is 3.03. The van der Waals surface area contributed by atoms with Crippen molar-refractivity contribution in [2.24, 2.45) is 0 Å². The fraction of sp³-hybridized carbons (Fsp3) is 0.190. The lowest BCUT2D eigenvalue weighted by molar-refractivity contribution is -0.143. The first-order valence-corrected chi connectivity index (χ1v) is 11.6. The SMILES string of the molecule is CCOc1cc(/C=C2\SC(=O)N(CC(=O)OC)C2=O)ccc1OS(=O)(=O)c1ccccc1. The molecule has 1 heterocycles. The molecule has 3 rings (SSSR count). The lowest BCUT2D eigenvalue weighted by Gasteiger charge is -2.13. The summed E-state index contributed by atoms with van der Waals surface area (Å²) in [6, 6.07) is 12.1. The molecule has 2 aromatic rings. The highest BCUT2D eigenvalue weighted by Gasteiger charge is 2.36. The third kappa shape index (κ3) is 5.29. The molecule has 9 nitrogen and oxygen atoms in total. The Hall–Kier alpha value is -3.31. The molecular formula is C21H19NO8S2. The molecule has 0 aliphatic carbocycles. The number of methoxy groups -OCH3 is 1. The molecule has 0 N–H and O–H groups in total. The van der Waals surface area contributed by atoms with E-state index in [0.717, 1.165) is 12.0 Å². The van der Waals surface area contributed by atoms with Crippen LogP contribution in [0.25, 0.3) is 6.08 Å². The first kappa shape index (κ1) is 23.4. The van der Waals surface area contributed by atoms with Gasteiger partial charge in [-0.05, 0) is 54.6 Å². The van der Waals surface area contributed by atoms with E-state index in [2.05, 4.69) is 4.74 Å². The maximum Gasteiger partial charge on any atom is 0.339 e. The van der Waals surface area contributed by atoms with Crippen molar-refractivity contribution >= 4 is 45.1 Å². The standard InChI is InChI=1S/C21H19NO8S2/c1-3-29-17-11-14(12-18-20(24)22(21(25)31-18)13-19(23)28-2)9-10-16(17)30-32(26,27)15-7-5-4-6-8-15/h4-12H,3,13H2,1-2H3/b18-12-. The van der Waals surface area contributed by atoms with E-state index in [1.165, 1.54) is 36.4 Å². The van der Waals surface area contributed by atoms with Crippen molar-refractivity contribution in [2.45, 2.75) is 11.8 Å².